The molecular weight excluding hydrogens is 395 g/mol. The van der Waals surface area contributed by atoms with Crippen molar-refractivity contribution < 1.29 is 28.3 Å². The van der Waals surface area contributed by atoms with E-state index in [-0.39, 0.29) is 12.2 Å². The van der Waals surface area contributed by atoms with Crippen LogP contribution in [-0.2, 0) is 29.9 Å². The number of ether oxygens (including phenoxy) is 4. The van der Waals surface area contributed by atoms with Crippen LogP contribution < -0.4 is 10.2 Å². The summed E-state index contributed by atoms with van der Waals surface area (Å²) in [6.07, 6.45) is 7.41. The minimum Gasteiger partial charge on any atom is -0.468 e. The SMILES string of the molecule is COCOc1cc2c(cc1B(OC)OC)[C@H]1CC[C@]3(C)[C@@H](OCOC)CC[C@H]3[C@@H]1CC2. The molecule has 0 aliphatic heterocycles. The molecule has 5 atom stereocenters. The molecule has 31 heavy (non-hydrogen) atoms. The highest BCUT2D eigenvalue weighted by Gasteiger charge is 2.55. The third kappa shape index (κ3) is 4.16. The molecule has 1 aromatic rings. The average Bonchev–Trinajstić information content (AvgIpc) is 3.13. The fourth-order valence-electron chi connectivity index (χ4n) is 6.77. The molecule has 0 spiro atoms. The molecule has 0 aromatic heterocycles. The van der Waals surface area contributed by atoms with E-state index in [1.165, 1.54) is 36.8 Å². The first-order chi connectivity index (χ1) is 15.1. The maximum atomic E-state index is 6.12. The molecule has 0 radical (unpaired) electrons. The standard InChI is InChI=1S/C24H37BO6/c1-24-11-10-17-18(20(24)8-9-23(24)31-15-27-3)7-6-16-12-22(30-14-26-2)21(13-19(16)17)25(28-4)29-5/h12-13,17-18,20,23H,6-11,14-15H2,1-5H3/t17-,18+,20-,23-,24-/m0/s1. The molecule has 2 saturated carbocycles. The van der Waals surface area contributed by atoms with E-state index >= 15 is 0 Å². The monoisotopic (exact) mass is 432 g/mol. The van der Waals surface area contributed by atoms with E-state index in [9.17, 15) is 0 Å². The molecule has 3 aliphatic carbocycles. The summed E-state index contributed by atoms with van der Waals surface area (Å²) in [6, 6.07) is 4.48. The summed E-state index contributed by atoms with van der Waals surface area (Å²) >= 11 is 0. The van der Waals surface area contributed by atoms with Crippen LogP contribution in [0.3, 0.4) is 0 Å². The minimum atomic E-state index is -0.454. The number of benzene rings is 1. The Kier molecular flexibility index (Phi) is 7.29. The van der Waals surface area contributed by atoms with Gasteiger partial charge in [0.2, 0.25) is 0 Å². The number of aryl methyl sites for hydroxylation is 1. The lowest BCUT2D eigenvalue weighted by atomic mass is 9.55. The van der Waals surface area contributed by atoms with Crippen molar-refractivity contribution in [2.75, 3.05) is 42.0 Å². The quantitative estimate of drug-likeness (QED) is 0.440. The predicted octanol–water partition coefficient (Wildman–Crippen LogP) is 3.50. The topological polar surface area (TPSA) is 55.4 Å². The Morgan fingerprint density at radius 3 is 2.45 bits per heavy atom. The fraction of sp³-hybridized carbons (Fsp3) is 0.750. The van der Waals surface area contributed by atoms with Crippen LogP contribution in [0.4, 0.5) is 0 Å². The Bertz CT molecular complexity index is 754. The van der Waals surface area contributed by atoms with Crippen LogP contribution in [0.1, 0.15) is 56.1 Å². The number of fused-ring (bicyclic) bond motifs is 5. The normalized spacial score (nSPS) is 31.6. The third-order valence-corrected chi connectivity index (χ3v) is 8.17. The van der Waals surface area contributed by atoms with Crippen LogP contribution in [0, 0.1) is 17.3 Å². The molecule has 0 heterocycles. The van der Waals surface area contributed by atoms with Gasteiger partial charge in [-0.15, -0.1) is 0 Å². The van der Waals surface area contributed by atoms with Crippen LogP contribution in [0.25, 0.3) is 0 Å². The summed E-state index contributed by atoms with van der Waals surface area (Å²) < 4.78 is 33.6. The number of hydrogen-bond acceptors (Lipinski definition) is 6. The maximum absolute atomic E-state index is 6.12. The average molecular weight is 432 g/mol. The van der Waals surface area contributed by atoms with E-state index in [0.29, 0.717) is 30.7 Å². The molecule has 7 heteroatoms. The van der Waals surface area contributed by atoms with E-state index in [2.05, 4.69) is 19.1 Å². The summed E-state index contributed by atoms with van der Waals surface area (Å²) in [4.78, 5) is 0. The second kappa shape index (κ2) is 9.80. The summed E-state index contributed by atoms with van der Waals surface area (Å²) in [5.41, 5.74) is 4.06. The Morgan fingerprint density at radius 2 is 1.74 bits per heavy atom. The van der Waals surface area contributed by atoms with E-state index in [4.69, 9.17) is 28.3 Å². The Morgan fingerprint density at radius 1 is 0.968 bits per heavy atom. The van der Waals surface area contributed by atoms with Crippen molar-refractivity contribution in [1.82, 2.24) is 0 Å². The molecule has 0 saturated heterocycles. The molecule has 4 rings (SSSR count). The van der Waals surface area contributed by atoms with Crippen LogP contribution in [0.15, 0.2) is 12.1 Å². The lowest BCUT2D eigenvalue weighted by Gasteiger charge is -2.50. The second-order valence-electron chi connectivity index (χ2n) is 9.54. The van der Waals surface area contributed by atoms with Crippen LogP contribution in [0.5, 0.6) is 5.75 Å². The molecule has 0 amide bonds. The second-order valence-corrected chi connectivity index (χ2v) is 9.54. The van der Waals surface area contributed by atoms with Gasteiger partial charge >= 0.3 is 7.12 Å². The number of hydrogen-bond donors (Lipinski definition) is 0. The highest BCUT2D eigenvalue weighted by Crippen LogP contribution is 2.61. The zero-order valence-electron chi connectivity index (χ0n) is 19.6. The molecular formula is C24H37BO6. The molecule has 0 bridgehead atoms. The molecule has 1 aromatic carbocycles. The fourth-order valence-corrected chi connectivity index (χ4v) is 6.77. The minimum absolute atomic E-state index is 0.210. The number of rotatable bonds is 9. The van der Waals surface area contributed by atoms with Gasteiger partial charge in [-0.1, -0.05) is 13.0 Å². The van der Waals surface area contributed by atoms with E-state index in [1.54, 1.807) is 28.4 Å². The Labute approximate surface area is 187 Å². The molecule has 172 valence electrons. The van der Waals surface area contributed by atoms with Crippen molar-refractivity contribution >= 4 is 12.6 Å². The van der Waals surface area contributed by atoms with Crippen LogP contribution in [-0.4, -0.2) is 55.2 Å². The van der Waals surface area contributed by atoms with Gasteiger partial charge in [0.15, 0.2) is 6.79 Å². The summed E-state index contributed by atoms with van der Waals surface area (Å²) in [5.74, 6) is 2.77. The van der Waals surface area contributed by atoms with Gasteiger partial charge in [0.25, 0.3) is 0 Å². The van der Waals surface area contributed by atoms with Gasteiger partial charge < -0.3 is 28.3 Å². The van der Waals surface area contributed by atoms with Gasteiger partial charge in [-0.2, -0.15) is 0 Å². The first-order valence-corrected chi connectivity index (χ1v) is 11.5. The first kappa shape index (κ1) is 23.1. The molecule has 6 nitrogen and oxygen atoms in total. The van der Waals surface area contributed by atoms with Gasteiger partial charge in [0.05, 0.1) is 6.10 Å². The third-order valence-electron chi connectivity index (χ3n) is 8.17. The lowest BCUT2D eigenvalue weighted by Crippen LogP contribution is -2.45. The van der Waals surface area contributed by atoms with Crippen molar-refractivity contribution in [3.05, 3.63) is 23.3 Å². The summed E-state index contributed by atoms with van der Waals surface area (Å²) in [6.45, 7) is 3.06. The first-order valence-electron chi connectivity index (χ1n) is 11.5. The van der Waals surface area contributed by atoms with Crippen molar-refractivity contribution in [3.8, 4) is 5.75 Å². The van der Waals surface area contributed by atoms with Gasteiger partial charge in [-0.05, 0) is 78.9 Å². The van der Waals surface area contributed by atoms with Crippen molar-refractivity contribution in [3.63, 3.8) is 0 Å². The smallest absolute Gasteiger partial charge is 0.468 e. The van der Waals surface area contributed by atoms with Gasteiger partial charge in [0, 0.05) is 33.9 Å². The van der Waals surface area contributed by atoms with Crippen molar-refractivity contribution in [2.45, 2.75) is 57.5 Å². The molecule has 2 fully saturated rings. The van der Waals surface area contributed by atoms with Crippen molar-refractivity contribution in [2.24, 2.45) is 17.3 Å². The molecule has 0 unspecified atom stereocenters. The highest BCUT2D eigenvalue weighted by atomic mass is 16.7. The van der Waals surface area contributed by atoms with E-state index in [0.717, 1.165) is 24.1 Å². The lowest BCUT2D eigenvalue weighted by molar-refractivity contribution is -0.125. The largest absolute Gasteiger partial charge is 0.497 e. The zero-order valence-corrected chi connectivity index (χ0v) is 19.6. The highest BCUT2D eigenvalue weighted by molar-refractivity contribution is 6.62. The van der Waals surface area contributed by atoms with Gasteiger partial charge in [-0.3, -0.25) is 0 Å². The van der Waals surface area contributed by atoms with E-state index < -0.39 is 7.12 Å². The zero-order chi connectivity index (χ0) is 22.0. The predicted molar refractivity (Wildman–Crippen MR) is 120 cm³/mol. The van der Waals surface area contributed by atoms with Gasteiger partial charge in [-0.25, -0.2) is 0 Å². The Hall–Kier alpha value is -1.12. The summed E-state index contributed by atoms with van der Waals surface area (Å²) in [7, 11) is 6.23. The maximum Gasteiger partial charge on any atom is 0.497 e. The molecule has 0 N–H and O–H groups in total. The van der Waals surface area contributed by atoms with Crippen LogP contribution >= 0.6 is 0 Å². The Balaban J connectivity index is 1.64. The molecule has 3 aliphatic rings. The van der Waals surface area contributed by atoms with Crippen molar-refractivity contribution in [1.29, 1.82) is 0 Å². The number of methoxy groups -OCH3 is 2. The van der Waals surface area contributed by atoms with Crippen LogP contribution in [0.2, 0.25) is 0 Å². The summed E-state index contributed by atoms with van der Waals surface area (Å²) in [5, 5.41) is 0. The van der Waals surface area contributed by atoms with Gasteiger partial charge in [0.1, 0.15) is 12.5 Å². The van der Waals surface area contributed by atoms with E-state index in [1.807, 2.05) is 0 Å².